The quantitative estimate of drug-likeness (QED) is 0.668. The number of rotatable bonds is 7. The van der Waals surface area contributed by atoms with Gasteiger partial charge in [0, 0.05) is 30.9 Å². The lowest BCUT2D eigenvalue weighted by molar-refractivity contribution is 0.603. The Balaban J connectivity index is 1.62. The minimum Gasteiger partial charge on any atom is -0.358 e. The standard InChI is InChI=1S/C17H19N5O2S2/c1-13-3-6-17(25-13)26(23,24)21-15-4-5-16(20-19-15)22(2)12-9-14-7-10-18-11-8-14/h3-8,10-11H,9,12H2,1-2H3,(H,19,21). The van der Waals surface area contributed by atoms with E-state index in [1.807, 2.05) is 31.0 Å². The first-order chi connectivity index (χ1) is 12.4. The van der Waals surface area contributed by atoms with Crippen LogP contribution >= 0.6 is 11.3 Å². The number of pyridine rings is 1. The highest BCUT2D eigenvalue weighted by Gasteiger charge is 2.17. The number of anilines is 2. The minimum absolute atomic E-state index is 0.197. The van der Waals surface area contributed by atoms with E-state index in [1.54, 1.807) is 36.7 Å². The third-order valence-electron chi connectivity index (χ3n) is 3.75. The van der Waals surface area contributed by atoms with Crippen LogP contribution in [-0.2, 0) is 16.4 Å². The van der Waals surface area contributed by atoms with Gasteiger partial charge in [0.2, 0.25) is 0 Å². The number of thiophene rings is 1. The first-order valence-electron chi connectivity index (χ1n) is 7.97. The van der Waals surface area contributed by atoms with Crippen LogP contribution in [0.25, 0.3) is 0 Å². The molecule has 1 N–H and O–H groups in total. The van der Waals surface area contributed by atoms with E-state index in [9.17, 15) is 8.42 Å². The highest BCUT2D eigenvalue weighted by Crippen LogP contribution is 2.23. The fourth-order valence-corrected chi connectivity index (χ4v) is 4.57. The number of aromatic nitrogens is 3. The van der Waals surface area contributed by atoms with Crippen LogP contribution in [0.2, 0.25) is 0 Å². The predicted octanol–water partition coefficient (Wildman–Crippen LogP) is 2.72. The summed E-state index contributed by atoms with van der Waals surface area (Å²) >= 11 is 1.22. The molecule has 0 aromatic carbocycles. The molecule has 136 valence electrons. The summed E-state index contributed by atoms with van der Waals surface area (Å²) in [5.74, 6) is 0.872. The molecule has 0 aliphatic rings. The van der Waals surface area contributed by atoms with Crippen LogP contribution in [0, 0.1) is 6.92 Å². The highest BCUT2D eigenvalue weighted by atomic mass is 32.2. The van der Waals surface area contributed by atoms with Crippen LogP contribution in [-0.4, -0.2) is 37.2 Å². The van der Waals surface area contributed by atoms with Crippen LogP contribution < -0.4 is 9.62 Å². The van der Waals surface area contributed by atoms with Crippen LogP contribution in [0.1, 0.15) is 10.4 Å². The number of sulfonamides is 1. The third-order valence-corrected chi connectivity index (χ3v) is 6.59. The Kier molecular flexibility index (Phi) is 5.48. The zero-order chi connectivity index (χ0) is 18.6. The molecule has 0 spiro atoms. The molecule has 0 bridgehead atoms. The number of hydrogen-bond acceptors (Lipinski definition) is 7. The summed E-state index contributed by atoms with van der Waals surface area (Å²) in [6, 6.07) is 10.7. The Morgan fingerprint density at radius 3 is 2.46 bits per heavy atom. The average Bonchev–Trinajstić information content (AvgIpc) is 3.08. The molecule has 0 fully saturated rings. The van der Waals surface area contributed by atoms with Crippen molar-refractivity contribution in [2.75, 3.05) is 23.2 Å². The van der Waals surface area contributed by atoms with E-state index in [1.165, 1.54) is 16.9 Å². The molecule has 0 atom stereocenters. The molecule has 9 heteroatoms. The smallest absolute Gasteiger partial charge is 0.272 e. The van der Waals surface area contributed by atoms with E-state index in [2.05, 4.69) is 19.9 Å². The van der Waals surface area contributed by atoms with Gasteiger partial charge in [0.15, 0.2) is 11.6 Å². The van der Waals surface area contributed by atoms with Gasteiger partial charge in [0.1, 0.15) is 4.21 Å². The van der Waals surface area contributed by atoms with Crippen molar-refractivity contribution in [3.8, 4) is 0 Å². The van der Waals surface area contributed by atoms with Crippen LogP contribution in [0.15, 0.2) is 53.0 Å². The summed E-state index contributed by atoms with van der Waals surface area (Å²) in [4.78, 5) is 6.90. The predicted molar refractivity (Wildman–Crippen MR) is 103 cm³/mol. The molecule has 26 heavy (non-hydrogen) atoms. The van der Waals surface area contributed by atoms with Crippen LogP contribution in [0.5, 0.6) is 0 Å². The van der Waals surface area contributed by atoms with Gasteiger partial charge in [-0.1, -0.05) is 0 Å². The van der Waals surface area contributed by atoms with Crippen LogP contribution in [0.4, 0.5) is 11.6 Å². The van der Waals surface area contributed by atoms with Gasteiger partial charge < -0.3 is 4.90 Å². The summed E-state index contributed by atoms with van der Waals surface area (Å²) in [5.41, 5.74) is 1.19. The Morgan fingerprint density at radius 2 is 1.85 bits per heavy atom. The SMILES string of the molecule is Cc1ccc(S(=O)(=O)Nc2ccc(N(C)CCc3ccncc3)nn2)s1. The van der Waals surface area contributed by atoms with E-state index in [4.69, 9.17) is 0 Å². The van der Waals surface area contributed by atoms with Crippen LogP contribution in [0.3, 0.4) is 0 Å². The van der Waals surface area contributed by atoms with Gasteiger partial charge in [-0.25, -0.2) is 8.42 Å². The Bertz CT molecular complexity index is 956. The number of nitrogens with one attached hydrogen (secondary N) is 1. The average molecular weight is 390 g/mol. The topological polar surface area (TPSA) is 88.1 Å². The first-order valence-corrected chi connectivity index (χ1v) is 10.3. The van der Waals surface area contributed by atoms with Crippen molar-refractivity contribution in [3.63, 3.8) is 0 Å². The Hall–Kier alpha value is -2.52. The molecular weight excluding hydrogens is 370 g/mol. The second kappa shape index (κ2) is 7.79. The van der Waals surface area contributed by atoms with Gasteiger partial charge in [0.25, 0.3) is 10.0 Å². The van der Waals surface area contributed by atoms with Gasteiger partial charge in [-0.15, -0.1) is 21.5 Å². The van der Waals surface area contributed by atoms with Gasteiger partial charge in [-0.2, -0.15) is 0 Å². The molecular formula is C17H19N5O2S2. The fourth-order valence-electron chi connectivity index (χ4n) is 2.29. The summed E-state index contributed by atoms with van der Waals surface area (Å²) < 4.78 is 27.3. The maximum atomic E-state index is 12.3. The second-order valence-corrected chi connectivity index (χ2v) is 8.97. The molecule has 0 saturated heterocycles. The van der Waals surface area contributed by atoms with Crippen molar-refractivity contribution in [2.45, 2.75) is 17.6 Å². The molecule has 3 heterocycles. The molecule has 0 aliphatic carbocycles. The van der Waals surface area contributed by atoms with Crippen molar-refractivity contribution < 1.29 is 8.42 Å². The number of aryl methyl sites for hydroxylation is 1. The molecule has 0 saturated carbocycles. The van der Waals surface area contributed by atoms with E-state index in [0.29, 0.717) is 5.82 Å². The fraction of sp³-hybridized carbons (Fsp3) is 0.235. The lowest BCUT2D eigenvalue weighted by atomic mass is 10.2. The summed E-state index contributed by atoms with van der Waals surface area (Å²) in [5, 5.41) is 8.10. The molecule has 7 nitrogen and oxygen atoms in total. The number of nitrogens with zero attached hydrogens (tertiary/aromatic N) is 4. The van der Waals surface area contributed by atoms with Gasteiger partial charge in [-0.3, -0.25) is 9.71 Å². The highest BCUT2D eigenvalue weighted by molar-refractivity contribution is 7.94. The third kappa shape index (κ3) is 4.55. The summed E-state index contributed by atoms with van der Waals surface area (Å²) in [6.45, 7) is 2.62. The number of hydrogen-bond donors (Lipinski definition) is 1. The Labute approximate surface area is 156 Å². The van der Waals surface area contributed by atoms with Crippen molar-refractivity contribution >= 4 is 33.0 Å². The molecule has 0 radical (unpaired) electrons. The molecule has 0 aliphatic heterocycles. The van der Waals surface area contributed by atoms with Crippen molar-refractivity contribution in [2.24, 2.45) is 0 Å². The molecule has 3 aromatic heterocycles. The van der Waals surface area contributed by atoms with Crippen molar-refractivity contribution in [3.05, 3.63) is 59.2 Å². The van der Waals surface area contributed by atoms with Gasteiger partial charge in [-0.05, 0) is 55.3 Å². The van der Waals surface area contributed by atoms with Gasteiger partial charge in [0.05, 0.1) is 0 Å². The molecule has 0 unspecified atom stereocenters. The van der Waals surface area contributed by atoms with E-state index in [-0.39, 0.29) is 10.0 Å². The van der Waals surface area contributed by atoms with E-state index < -0.39 is 10.0 Å². The summed E-state index contributed by atoms with van der Waals surface area (Å²) in [7, 11) is -1.71. The zero-order valence-corrected chi connectivity index (χ0v) is 16.1. The minimum atomic E-state index is -3.63. The molecule has 3 rings (SSSR count). The second-order valence-electron chi connectivity index (χ2n) is 5.77. The normalized spacial score (nSPS) is 11.3. The zero-order valence-electron chi connectivity index (χ0n) is 14.5. The maximum Gasteiger partial charge on any atom is 0.272 e. The summed E-state index contributed by atoms with van der Waals surface area (Å²) in [6.07, 6.45) is 4.39. The van der Waals surface area contributed by atoms with Gasteiger partial charge >= 0.3 is 0 Å². The molecule has 3 aromatic rings. The molecule has 0 amide bonds. The van der Waals surface area contributed by atoms with E-state index in [0.717, 1.165) is 17.8 Å². The van der Waals surface area contributed by atoms with Crippen molar-refractivity contribution in [1.82, 2.24) is 15.2 Å². The first kappa shape index (κ1) is 18.3. The number of likely N-dealkylation sites (N-methyl/N-ethyl adjacent to an activating group) is 1. The lowest BCUT2D eigenvalue weighted by Crippen LogP contribution is -2.22. The maximum absolute atomic E-state index is 12.3. The van der Waals surface area contributed by atoms with E-state index >= 15 is 0 Å². The Morgan fingerprint density at radius 1 is 1.08 bits per heavy atom. The monoisotopic (exact) mass is 389 g/mol. The largest absolute Gasteiger partial charge is 0.358 e. The van der Waals surface area contributed by atoms with Crippen molar-refractivity contribution in [1.29, 1.82) is 0 Å². The lowest BCUT2D eigenvalue weighted by Gasteiger charge is -2.17.